The van der Waals surface area contributed by atoms with Gasteiger partial charge in [-0.1, -0.05) is 13.8 Å². The van der Waals surface area contributed by atoms with Gasteiger partial charge in [-0.05, 0) is 33.0 Å². The number of nitrogens with zero attached hydrogens (tertiary/aromatic N) is 2. The molecule has 2 N–H and O–H groups in total. The Morgan fingerprint density at radius 3 is 2.42 bits per heavy atom. The Hall–Kier alpha value is -1.07. The molecule has 0 aliphatic heterocycles. The molecule has 0 bridgehead atoms. The number of hydrogen-bond donors (Lipinski definition) is 1. The zero-order valence-corrected chi connectivity index (χ0v) is 13.4. The van der Waals surface area contributed by atoms with Crippen molar-refractivity contribution in [3.05, 3.63) is 15.8 Å². The summed E-state index contributed by atoms with van der Waals surface area (Å²) in [4.78, 5) is 18.3. The van der Waals surface area contributed by atoms with E-state index >= 15 is 0 Å². The molecule has 0 fully saturated rings. The van der Waals surface area contributed by atoms with Gasteiger partial charge in [-0.2, -0.15) is 0 Å². The molecule has 0 aliphatic carbocycles. The van der Waals surface area contributed by atoms with Crippen molar-refractivity contribution >= 4 is 22.9 Å². The molecule has 1 rings (SSSR count). The van der Waals surface area contributed by atoms with Crippen molar-refractivity contribution in [3.63, 3.8) is 0 Å². The summed E-state index contributed by atoms with van der Waals surface area (Å²) in [5, 5.41) is 0. The van der Waals surface area contributed by atoms with Crippen molar-refractivity contribution in [1.82, 2.24) is 9.80 Å². The van der Waals surface area contributed by atoms with Crippen LogP contribution < -0.4 is 5.73 Å². The van der Waals surface area contributed by atoms with Gasteiger partial charge in [0, 0.05) is 30.2 Å². The lowest BCUT2D eigenvalue weighted by atomic mass is 10.2. The van der Waals surface area contributed by atoms with Crippen LogP contribution in [0.4, 0.5) is 5.69 Å². The Morgan fingerprint density at radius 1 is 1.37 bits per heavy atom. The molecule has 108 valence electrons. The Kier molecular flexibility index (Phi) is 5.82. The molecule has 1 aromatic heterocycles. The quantitative estimate of drug-likeness (QED) is 0.871. The van der Waals surface area contributed by atoms with Crippen molar-refractivity contribution in [1.29, 1.82) is 0 Å². The highest BCUT2D eigenvalue weighted by atomic mass is 32.1. The summed E-state index contributed by atoms with van der Waals surface area (Å²) < 4.78 is 0. The van der Waals surface area contributed by atoms with Gasteiger partial charge in [-0.3, -0.25) is 4.79 Å². The molecule has 0 radical (unpaired) electrons. The van der Waals surface area contributed by atoms with Gasteiger partial charge >= 0.3 is 0 Å². The van der Waals surface area contributed by atoms with Gasteiger partial charge in [0.25, 0.3) is 5.91 Å². The first-order valence-corrected chi connectivity index (χ1v) is 7.42. The van der Waals surface area contributed by atoms with Crippen molar-refractivity contribution in [2.24, 2.45) is 5.92 Å². The van der Waals surface area contributed by atoms with Gasteiger partial charge in [0.05, 0.1) is 4.88 Å². The predicted molar refractivity (Wildman–Crippen MR) is 82.8 cm³/mol. The van der Waals surface area contributed by atoms with E-state index in [1.807, 2.05) is 25.9 Å². The summed E-state index contributed by atoms with van der Waals surface area (Å²) in [5.41, 5.74) is 6.55. The van der Waals surface area contributed by atoms with E-state index in [0.717, 1.165) is 29.4 Å². The maximum atomic E-state index is 12.5. The number of hydrogen-bond acceptors (Lipinski definition) is 4. The van der Waals surface area contributed by atoms with Gasteiger partial charge in [0.2, 0.25) is 0 Å². The third-order valence-electron chi connectivity index (χ3n) is 2.86. The van der Waals surface area contributed by atoms with Crippen molar-refractivity contribution in [2.75, 3.05) is 39.5 Å². The number of carbonyl (C=O) groups excluding carboxylic acids is 1. The Bertz CT molecular complexity index is 407. The molecule has 0 spiro atoms. The Labute approximate surface area is 120 Å². The molecule has 1 amide bonds. The summed E-state index contributed by atoms with van der Waals surface area (Å²) in [7, 11) is 4.04. The molecule has 1 heterocycles. The van der Waals surface area contributed by atoms with Crippen molar-refractivity contribution in [2.45, 2.75) is 20.8 Å². The summed E-state index contributed by atoms with van der Waals surface area (Å²) in [6, 6.07) is 1.80. The molecule has 0 atom stereocenters. The van der Waals surface area contributed by atoms with Crippen LogP contribution in [0.3, 0.4) is 0 Å². The topological polar surface area (TPSA) is 49.6 Å². The fourth-order valence-electron chi connectivity index (χ4n) is 1.79. The summed E-state index contributed by atoms with van der Waals surface area (Å²) in [5.74, 6) is 0.560. The van der Waals surface area contributed by atoms with Crippen LogP contribution in [0.25, 0.3) is 0 Å². The highest BCUT2D eigenvalue weighted by molar-refractivity contribution is 7.14. The Balaban J connectivity index is 2.80. The second kappa shape index (κ2) is 6.91. The molecule has 0 saturated heterocycles. The van der Waals surface area contributed by atoms with Crippen LogP contribution in [0, 0.1) is 12.8 Å². The summed E-state index contributed by atoms with van der Waals surface area (Å²) in [6.45, 7) is 8.61. The van der Waals surface area contributed by atoms with E-state index in [-0.39, 0.29) is 5.91 Å². The fraction of sp³-hybridized carbons (Fsp3) is 0.643. The number of anilines is 1. The minimum absolute atomic E-state index is 0.0975. The molecule has 4 nitrogen and oxygen atoms in total. The molecule has 1 aromatic rings. The maximum absolute atomic E-state index is 12.5. The number of amides is 1. The van der Waals surface area contributed by atoms with Gasteiger partial charge in [-0.25, -0.2) is 0 Å². The third-order valence-corrected chi connectivity index (χ3v) is 3.91. The Morgan fingerprint density at radius 2 is 2.00 bits per heavy atom. The molecular formula is C14H25N3OS. The average molecular weight is 283 g/mol. The number of likely N-dealkylation sites (N-methyl/N-ethyl adjacent to an activating group) is 1. The lowest BCUT2D eigenvalue weighted by Gasteiger charge is -2.25. The van der Waals surface area contributed by atoms with E-state index in [4.69, 9.17) is 5.73 Å². The average Bonchev–Trinajstić information content (AvgIpc) is 2.63. The lowest BCUT2D eigenvalue weighted by molar-refractivity contribution is 0.0729. The predicted octanol–water partition coefficient (Wildman–Crippen LogP) is 2.30. The van der Waals surface area contributed by atoms with E-state index in [1.54, 1.807) is 6.07 Å². The molecule has 0 aliphatic rings. The zero-order chi connectivity index (χ0) is 14.6. The fourth-order valence-corrected chi connectivity index (χ4v) is 2.70. The molecular weight excluding hydrogens is 258 g/mol. The van der Waals surface area contributed by atoms with E-state index in [0.29, 0.717) is 11.6 Å². The number of carbonyl (C=O) groups is 1. The van der Waals surface area contributed by atoms with Crippen LogP contribution in [-0.4, -0.2) is 49.4 Å². The largest absolute Gasteiger partial charge is 0.398 e. The number of nitrogen functional groups attached to an aromatic ring is 1. The maximum Gasteiger partial charge on any atom is 0.264 e. The van der Waals surface area contributed by atoms with Crippen LogP contribution in [0.15, 0.2) is 6.07 Å². The molecule has 0 unspecified atom stereocenters. The SMILES string of the molecule is Cc1sc(C(=O)N(CCN(C)C)CC(C)C)cc1N. The van der Waals surface area contributed by atoms with Gasteiger partial charge in [0.1, 0.15) is 0 Å². The second-order valence-corrected chi connectivity index (χ2v) is 6.83. The minimum atomic E-state index is 0.0975. The van der Waals surface area contributed by atoms with Gasteiger partial charge in [-0.15, -0.1) is 11.3 Å². The van der Waals surface area contributed by atoms with Crippen LogP contribution >= 0.6 is 11.3 Å². The monoisotopic (exact) mass is 283 g/mol. The standard InChI is InChI=1S/C14H25N3OS/c1-10(2)9-17(7-6-16(4)5)14(18)13-8-12(15)11(3)19-13/h8,10H,6-7,9,15H2,1-5H3. The summed E-state index contributed by atoms with van der Waals surface area (Å²) >= 11 is 1.48. The van der Waals surface area contributed by atoms with Crippen LogP contribution in [0.5, 0.6) is 0 Å². The lowest BCUT2D eigenvalue weighted by Crippen LogP contribution is -2.38. The first-order chi connectivity index (χ1) is 8.81. The van der Waals surface area contributed by atoms with E-state index < -0.39 is 0 Å². The normalized spacial score (nSPS) is 11.3. The minimum Gasteiger partial charge on any atom is -0.398 e. The zero-order valence-electron chi connectivity index (χ0n) is 12.6. The molecule has 19 heavy (non-hydrogen) atoms. The van der Waals surface area contributed by atoms with E-state index in [1.165, 1.54) is 11.3 Å². The van der Waals surface area contributed by atoms with Crippen LogP contribution in [0.1, 0.15) is 28.4 Å². The first kappa shape index (κ1) is 16.0. The number of nitrogens with two attached hydrogens (primary N) is 1. The number of rotatable bonds is 6. The molecule has 0 saturated carbocycles. The number of aryl methyl sites for hydroxylation is 1. The van der Waals surface area contributed by atoms with Crippen molar-refractivity contribution in [3.8, 4) is 0 Å². The smallest absolute Gasteiger partial charge is 0.264 e. The molecule has 5 heteroatoms. The van der Waals surface area contributed by atoms with Crippen LogP contribution in [0.2, 0.25) is 0 Å². The highest BCUT2D eigenvalue weighted by Gasteiger charge is 2.19. The van der Waals surface area contributed by atoms with Gasteiger partial charge < -0.3 is 15.5 Å². The van der Waals surface area contributed by atoms with Crippen molar-refractivity contribution < 1.29 is 4.79 Å². The van der Waals surface area contributed by atoms with Crippen LogP contribution in [-0.2, 0) is 0 Å². The highest BCUT2D eigenvalue weighted by Crippen LogP contribution is 2.24. The third kappa shape index (κ3) is 4.84. The van der Waals surface area contributed by atoms with E-state index in [9.17, 15) is 4.79 Å². The van der Waals surface area contributed by atoms with Gasteiger partial charge in [0.15, 0.2) is 0 Å². The summed E-state index contributed by atoms with van der Waals surface area (Å²) in [6.07, 6.45) is 0. The molecule has 0 aromatic carbocycles. The van der Waals surface area contributed by atoms with E-state index in [2.05, 4.69) is 18.7 Å². The second-order valence-electron chi connectivity index (χ2n) is 5.57. The number of thiophene rings is 1. The first-order valence-electron chi connectivity index (χ1n) is 6.61.